The Labute approximate surface area is 205 Å². The summed E-state index contributed by atoms with van der Waals surface area (Å²) in [5, 5.41) is 9.13. The Hall–Kier alpha value is -3.23. The minimum absolute atomic E-state index is 0.0194. The van der Waals surface area contributed by atoms with Crippen LogP contribution >= 0.6 is 23.2 Å². The maximum Gasteiger partial charge on any atom is 0.281 e. The monoisotopic (exact) mass is 496 g/mol. The van der Waals surface area contributed by atoms with Crippen LogP contribution in [0.4, 0.5) is 0 Å². The van der Waals surface area contributed by atoms with Gasteiger partial charge in [-0.05, 0) is 44.0 Å². The molecule has 0 bridgehead atoms. The summed E-state index contributed by atoms with van der Waals surface area (Å²) in [5.41, 5.74) is 2.64. The Balaban J connectivity index is 1.37. The van der Waals surface area contributed by atoms with E-state index in [0.29, 0.717) is 58.6 Å². The maximum atomic E-state index is 12.9. The number of hydrogen-bond donors (Lipinski definition) is 1. The lowest BCUT2D eigenvalue weighted by molar-refractivity contribution is 0.0711. The van der Waals surface area contributed by atoms with Gasteiger partial charge in [0.1, 0.15) is 5.82 Å². The number of amides is 1. The second kappa shape index (κ2) is 9.19. The van der Waals surface area contributed by atoms with Crippen LogP contribution in [0.25, 0.3) is 11.2 Å². The summed E-state index contributed by atoms with van der Waals surface area (Å²) in [4.78, 5) is 35.0. The van der Waals surface area contributed by atoms with Crippen LogP contribution in [0.5, 0.6) is 0 Å². The van der Waals surface area contributed by atoms with Gasteiger partial charge < -0.3 is 9.88 Å². The van der Waals surface area contributed by atoms with Gasteiger partial charge in [-0.15, -0.1) is 5.10 Å². The lowest BCUT2D eigenvalue weighted by atomic mass is 9.95. The third-order valence-corrected chi connectivity index (χ3v) is 6.90. The number of carbonyl (C=O) groups excluding carboxylic acids is 1. The van der Waals surface area contributed by atoms with Gasteiger partial charge in [0, 0.05) is 40.2 Å². The third kappa shape index (κ3) is 4.31. The summed E-state index contributed by atoms with van der Waals surface area (Å²) in [7, 11) is 0. The number of fused-ring (bicyclic) bond motifs is 1. The first kappa shape index (κ1) is 22.6. The van der Waals surface area contributed by atoms with Gasteiger partial charge in [-0.25, -0.2) is 9.67 Å². The number of likely N-dealkylation sites (tertiary alicyclic amines) is 1. The molecule has 1 N–H and O–H groups in total. The van der Waals surface area contributed by atoms with Crippen molar-refractivity contribution in [3.8, 4) is 0 Å². The van der Waals surface area contributed by atoms with Crippen molar-refractivity contribution in [2.45, 2.75) is 32.2 Å². The zero-order chi connectivity index (χ0) is 23.8. The van der Waals surface area contributed by atoms with Crippen LogP contribution in [-0.2, 0) is 6.54 Å². The Kier molecular flexibility index (Phi) is 6.10. The summed E-state index contributed by atoms with van der Waals surface area (Å²) < 4.78 is 1.54. The molecule has 1 amide bonds. The molecule has 0 saturated carbocycles. The van der Waals surface area contributed by atoms with Gasteiger partial charge in [0.25, 0.3) is 11.5 Å². The highest BCUT2D eigenvalue weighted by atomic mass is 35.5. The number of carbonyl (C=O) groups is 1. The molecule has 5 rings (SSSR count). The number of nitrogens with one attached hydrogen (secondary N) is 1. The summed E-state index contributed by atoms with van der Waals surface area (Å²) in [5.74, 6) is 0.623. The van der Waals surface area contributed by atoms with E-state index in [2.05, 4.69) is 15.3 Å². The fourth-order valence-corrected chi connectivity index (χ4v) is 4.85. The zero-order valence-electron chi connectivity index (χ0n) is 18.5. The van der Waals surface area contributed by atoms with Crippen molar-refractivity contribution in [3.63, 3.8) is 0 Å². The van der Waals surface area contributed by atoms with Crippen molar-refractivity contribution >= 4 is 40.3 Å². The van der Waals surface area contributed by atoms with Crippen molar-refractivity contribution in [1.29, 1.82) is 0 Å². The third-order valence-electron chi connectivity index (χ3n) is 6.20. The first-order valence-electron chi connectivity index (χ1n) is 11.0. The van der Waals surface area contributed by atoms with Crippen LogP contribution in [0.2, 0.25) is 10.0 Å². The second-order valence-electron chi connectivity index (χ2n) is 8.51. The first-order valence-corrected chi connectivity index (χ1v) is 11.8. The molecule has 174 valence electrons. The van der Waals surface area contributed by atoms with E-state index in [9.17, 15) is 9.59 Å². The normalized spacial score (nSPS) is 14.6. The fraction of sp³-hybridized carbons (Fsp3) is 0.292. The number of aromatic amines is 1. The predicted octanol–water partition coefficient (Wildman–Crippen LogP) is 4.20. The van der Waals surface area contributed by atoms with E-state index in [-0.39, 0.29) is 29.4 Å². The van der Waals surface area contributed by atoms with E-state index in [1.165, 1.54) is 4.68 Å². The molecule has 1 saturated heterocycles. The number of aryl methyl sites for hydroxylation is 1. The Morgan fingerprint density at radius 1 is 1.12 bits per heavy atom. The van der Waals surface area contributed by atoms with E-state index in [1.807, 2.05) is 36.1 Å². The van der Waals surface area contributed by atoms with Crippen molar-refractivity contribution in [3.05, 3.63) is 85.4 Å². The van der Waals surface area contributed by atoms with Crippen molar-refractivity contribution in [1.82, 2.24) is 29.9 Å². The molecule has 0 atom stereocenters. The molecule has 0 unspecified atom stereocenters. The molecule has 10 heteroatoms. The number of H-pyrrole nitrogens is 1. The Bertz CT molecular complexity index is 1420. The molecule has 1 fully saturated rings. The molecule has 3 heterocycles. The van der Waals surface area contributed by atoms with Gasteiger partial charge >= 0.3 is 0 Å². The molecule has 1 aliphatic rings. The molecular weight excluding hydrogens is 475 g/mol. The fourth-order valence-electron chi connectivity index (χ4n) is 4.33. The molecule has 4 aromatic rings. The molecule has 2 aromatic heterocycles. The van der Waals surface area contributed by atoms with Crippen LogP contribution < -0.4 is 5.56 Å². The number of aromatic nitrogens is 5. The number of benzene rings is 2. The average Bonchev–Trinajstić information content (AvgIpc) is 3.24. The molecule has 0 aliphatic carbocycles. The minimum Gasteiger partial charge on any atom is -0.339 e. The van der Waals surface area contributed by atoms with Crippen molar-refractivity contribution in [2.75, 3.05) is 13.1 Å². The number of rotatable bonds is 4. The van der Waals surface area contributed by atoms with Crippen LogP contribution in [0.15, 0.2) is 47.3 Å². The van der Waals surface area contributed by atoms with Gasteiger partial charge in [0.15, 0.2) is 11.2 Å². The van der Waals surface area contributed by atoms with E-state index < -0.39 is 0 Å². The summed E-state index contributed by atoms with van der Waals surface area (Å²) in [6.07, 6.45) is 1.40. The zero-order valence-corrected chi connectivity index (χ0v) is 20.0. The largest absolute Gasteiger partial charge is 0.339 e. The van der Waals surface area contributed by atoms with Crippen LogP contribution in [-0.4, -0.2) is 48.9 Å². The van der Waals surface area contributed by atoms with E-state index in [1.54, 1.807) is 18.2 Å². The minimum atomic E-state index is -0.338. The molecule has 1 aliphatic heterocycles. The Morgan fingerprint density at radius 2 is 1.82 bits per heavy atom. The van der Waals surface area contributed by atoms with Crippen LogP contribution in [0.1, 0.15) is 46.1 Å². The van der Waals surface area contributed by atoms with Gasteiger partial charge in [-0.2, -0.15) is 0 Å². The highest BCUT2D eigenvalue weighted by Gasteiger charge is 2.27. The number of hydrogen-bond acceptors (Lipinski definition) is 5. The molecule has 2 aromatic carbocycles. The van der Waals surface area contributed by atoms with E-state index in [4.69, 9.17) is 28.2 Å². The Morgan fingerprint density at radius 3 is 2.53 bits per heavy atom. The van der Waals surface area contributed by atoms with Gasteiger partial charge in [-0.1, -0.05) is 52.2 Å². The summed E-state index contributed by atoms with van der Waals surface area (Å²) >= 11 is 12.6. The van der Waals surface area contributed by atoms with Gasteiger partial charge in [-0.3, -0.25) is 9.59 Å². The molecular formula is C24H22Cl2N6O2. The van der Waals surface area contributed by atoms with Gasteiger partial charge in [0.2, 0.25) is 0 Å². The van der Waals surface area contributed by atoms with E-state index >= 15 is 0 Å². The highest BCUT2D eigenvalue weighted by molar-refractivity contribution is 6.36. The summed E-state index contributed by atoms with van der Waals surface area (Å²) in [6.45, 7) is 3.40. The quantitative estimate of drug-likeness (QED) is 0.456. The molecule has 0 radical (unpaired) electrons. The molecule has 34 heavy (non-hydrogen) atoms. The highest BCUT2D eigenvalue weighted by Crippen LogP contribution is 2.28. The number of halogens is 2. The van der Waals surface area contributed by atoms with Crippen LogP contribution in [0.3, 0.4) is 0 Å². The standard InChI is InChI=1S/C24H22Cl2N6O2/c1-14-4-2-5-16(12-14)24(34)31-10-8-15(9-11-31)21-27-22-20(23(33)28-21)29-30-32(22)13-17-18(25)6-3-7-19(17)26/h2-7,12,15H,8-11,13H2,1H3,(H,27,28,33). The maximum absolute atomic E-state index is 12.9. The van der Waals surface area contributed by atoms with Crippen LogP contribution in [0, 0.1) is 6.92 Å². The number of nitrogens with zero attached hydrogens (tertiary/aromatic N) is 5. The summed E-state index contributed by atoms with van der Waals surface area (Å²) in [6, 6.07) is 12.9. The average molecular weight is 497 g/mol. The SMILES string of the molecule is Cc1cccc(C(=O)N2CCC(c3nc4c(nnn4Cc4c(Cl)cccc4Cl)c(=O)[nH]3)CC2)c1. The van der Waals surface area contributed by atoms with Crippen molar-refractivity contribution < 1.29 is 4.79 Å². The topological polar surface area (TPSA) is 96.8 Å². The van der Waals surface area contributed by atoms with E-state index in [0.717, 1.165) is 5.56 Å². The lowest BCUT2D eigenvalue weighted by Gasteiger charge is -2.31. The first-order chi connectivity index (χ1) is 16.4. The molecule has 0 spiro atoms. The predicted molar refractivity (Wildman–Crippen MR) is 131 cm³/mol. The smallest absolute Gasteiger partial charge is 0.281 e. The second-order valence-corrected chi connectivity index (χ2v) is 9.32. The van der Waals surface area contributed by atoms with Gasteiger partial charge in [0.05, 0.1) is 6.54 Å². The van der Waals surface area contributed by atoms with Crippen molar-refractivity contribution in [2.24, 2.45) is 0 Å². The number of piperidine rings is 1. The lowest BCUT2D eigenvalue weighted by Crippen LogP contribution is -2.38. The molecule has 8 nitrogen and oxygen atoms in total.